The lowest BCUT2D eigenvalue weighted by atomic mass is 10.0. The molecule has 0 aromatic heterocycles. The number of benzene rings is 1. The highest BCUT2D eigenvalue weighted by Crippen LogP contribution is 2.21. The van der Waals surface area contributed by atoms with Crippen molar-refractivity contribution in [1.29, 1.82) is 0 Å². The summed E-state index contributed by atoms with van der Waals surface area (Å²) in [6.45, 7) is 1.84. The van der Waals surface area contributed by atoms with E-state index in [-0.39, 0.29) is 5.91 Å². The van der Waals surface area contributed by atoms with Crippen molar-refractivity contribution >= 4 is 5.91 Å². The molecule has 3 rings (SSSR count). The van der Waals surface area contributed by atoms with Gasteiger partial charge >= 0.3 is 0 Å². The average molecular weight is 216 g/mol. The Hall–Kier alpha value is -1.35. The van der Waals surface area contributed by atoms with Crippen LogP contribution in [0.4, 0.5) is 0 Å². The number of fused-ring (bicyclic) bond motifs is 1. The van der Waals surface area contributed by atoms with E-state index in [1.807, 2.05) is 6.07 Å². The standard InChI is InChI=1S/C13H16N2O/c16-13(15-11-4-5-11)6-9-2-1-3-10-7-14-8-12(9)10/h1-3,11,14H,4-8H2,(H,15,16). The molecule has 1 heterocycles. The fraction of sp³-hybridized carbons (Fsp3) is 0.462. The van der Waals surface area contributed by atoms with Gasteiger partial charge in [-0.25, -0.2) is 0 Å². The highest BCUT2D eigenvalue weighted by molar-refractivity contribution is 5.79. The summed E-state index contributed by atoms with van der Waals surface area (Å²) >= 11 is 0. The first-order valence-corrected chi connectivity index (χ1v) is 5.92. The summed E-state index contributed by atoms with van der Waals surface area (Å²) in [6, 6.07) is 6.71. The maximum absolute atomic E-state index is 11.7. The maximum Gasteiger partial charge on any atom is 0.224 e. The molecule has 0 atom stereocenters. The van der Waals surface area contributed by atoms with Gasteiger partial charge in [-0.05, 0) is 29.5 Å². The molecule has 1 amide bonds. The molecule has 1 aliphatic heterocycles. The Morgan fingerprint density at radius 3 is 3.06 bits per heavy atom. The summed E-state index contributed by atoms with van der Waals surface area (Å²) in [6.07, 6.45) is 2.84. The van der Waals surface area contributed by atoms with Crippen LogP contribution < -0.4 is 10.6 Å². The summed E-state index contributed by atoms with van der Waals surface area (Å²) in [5, 5.41) is 6.36. The van der Waals surface area contributed by atoms with E-state index in [1.165, 1.54) is 16.7 Å². The van der Waals surface area contributed by atoms with Crippen LogP contribution >= 0.6 is 0 Å². The number of rotatable bonds is 3. The first kappa shape index (κ1) is 9.85. The van der Waals surface area contributed by atoms with Gasteiger partial charge in [0.2, 0.25) is 5.91 Å². The Balaban J connectivity index is 1.73. The minimum Gasteiger partial charge on any atom is -0.353 e. The molecule has 2 N–H and O–H groups in total. The highest BCUT2D eigenvalue weighted by atomic mass is 16.1. The van der Waals surface area contributed by atoms with Crippen molar-refractivity contribution in [3.63, 3.8) is 0 Å². The van der Waals surface area contributed by atoms with Crippen LogP contribution in [0.2, 0.25) is 0 Å². The van der Waals surface area contributed by atoms with Gasteiger partial charge in [-0.1, -0.05) is 18.2 Å². The van der Waals surface area contributed by atoms with Crippen molar-refractivity contribution in [2.45, 2.75) is 38.4 Å². The second kappa shape index (κ2) is 3.91. The summed E-state index contributed by atoms with van der Waals surface area (Å²) < 4.78 is 0. The third kappa shape index (κ3) is 1.95. The molecule has 1 aromatic carbocycles. The molecule has 84 valence electrons. The van der Waals surface area contributed by atoms with E-state index in [2.05, 4.69) is 22.8 Å². The summed E-state index contributed by atoms with van der Waals surface area (Å²) in [7, 11) is 0. The first-order chi connectivity index (χ1) is 7.83. The largest absolute Gasteiger partial charge is 0.353 e. The number of carbonyl (C=O) groups excluding carboxylic acids is 1. The smallest absolute Gasteiger partial charge is 0.224 e. The predicted octanol–water partition coefficient (Wildman–Crippen LogP) is 1.11. The number of amides is 1. The van der Waals surface area contributed by atoms with Gasteiger partial charge in [0.25, 0.3) is 0 Å². The minimum absolute atomic E-state index is 0.169. The first-order valence-electron chi connectivity index (χ1n) is 5.92. The Morgan fingerprint density at radius 1 is 1.38 bits per heavy atom. The zero-order valence-corrected chi connectivity index (χ0v) is 9.25. The van der Waals surface area contributed by atoms with Crippen molar-refractivity contribution < 1.29 is 4.79 Å². The normalized spacial score (nSPS) is 18.2. The molecule has 1 fully saturated rings. The molecule has 1 aliphatic carbocycles. The molecule has 0 bridgehead atoms. The fourth-order valence-corrected chi connectivity index (χ4v) is 2.25. The Labute approximate surface area is 95.2 Å². The minimum atomic E-state index is 0.169. The summed E-state index contributed by atoms with van der Waals surface area (Å²) in [5.74, 6) is 0.169. The topological polar surface area (TPSA) is 41.1 Å². The van der Waals surface area contributed by atoms with Gasteiger partial charge in [0.05, 0.1) is 6.42 Å². The highest BCUT2D eigenvalue weighted by Gasteiger charge is 2.24. The van der Waals surface area contributed by atoms with E-state index in [0.717, 1.165) is 25.9 Å². The lowest BCUT2D eigenvalue weighted by molar-refractivity contribution is -0.120. The fourth-order valence-electron chi connectivity index (χ4n) is 2.25. The van der Waals surface area contributed by atoms with Crippen LogP contribution in [-0.4, -0.2) is 11.9 Å². The molecular weight excluding hydrogens is 200 g/mol. The third-order valence-electron chi connectivity index (χ3n) is 3.28. The van der Waals surface area contributed by atoms with Gasteiger partial charge in [0.1, 0.15) is 0 Å². The van der Waals surface area contributed by atoms with Crippen molar-refractivity contribution in [2.75, 3.05) is 0 Å². The number of hydrogen-bond acceptors (Lipinski definition) is 2. The van der Waals surface area contributed by atoms with Crippen LogP contribution in [0.3, 0.4) is 0 Å². The molecule has 3 nitrogen and oxygen atoms in total. The molecule has 0 spiro atoms. The Morgan fingerprint density at radius 2 is 2.25 bits per heavy atom. The van der Waals surface area contributed by atoms with Crippen molar-refractivity contribution in [3.05, 3.63) is 34.9 Å². The van der Waals surface area contributed by atoms with E-state index in [9.17, 15) is 4.79 Å². The van der Waals surface area contributed by atoms with Gasteiger partial charge < -0.3 is 10.6 Å². The van der Waals surface area contributed by atoms with E-state index in [4.69, 9.17) is 0 Å². The SMILES string of the molecule is O=C(Cc1cccc2c1CNC2)NC1CC1. The maximum atomic E-state index is 11.7. The molecule has 1 saturated carbocycles. The predicted molar refractivity (Wildman–Crippen MR) is 61.9 cm³/mol. The monoisotopic (exact) mass is 216 g/mol. The van der Waals surface area contributed by atoms with Crippen molar-refractivity contribution in [1.82, 2.24) is 10.6 Å². The molecule has 16 heavy (non-hydrogen) atoms. The van der Waals surface area contributed by atoms with E-state index < -0.39 is 0 Å². The second-order valence-electron chi connectivity index (χ2n) is 4.68. The van der Waals surface area contributed by atoms with E-state index >= 15 is 0 Å². The molecule has 1 aromatic rings. The third-order valence-corrected chi connectivity index (χ3v) is 3.28. The zero-order chi connectivity index (χ0) is 11.0. The van der Waals surface area contributed by atoms with Gasteiger partial charge in [-0.2, -0.15) is 0 Å². The van der Waals surface area contributed by atoms with Gasteiger partial charge in [-0.3, -0.25) is 4.79 Å². The van der Waals surface area contributed by atoms with Crippen LogP contribution in [-0.2, 0) is 24.3 Å². The van der Waals surface area contributed by atoms with E-state index in [0.29, 0.717) is 12.5 Å². The summed E-state index contributed by atoms with van der Waals surface area (Å²) in [5.41, 5.74) is 3.85. The quantitative estimate of drug-likeness (QED) is 0.794. The average Bonchev–Trinajstić information content (AvgIpc) is 2.94. The van der Waals surface area contributed by atoms with Gasteiger partial charge in [0.15, 0.2) is 0 Å². The number of carbonyl (C=O) groups is 1. The lowest BCUT2D eigenvalue weighted by Crippen LogP contribution is -2.27. The Bertz CT molecular complexity index is 424. The van der Waals surface area contributed by atoms with Crippen LogP contribution in [0.5, 0.6) is 0 Å². The number of nitrogens with one attached hydrogen (secondary N) is 2. The number of hydrogen-bond donors (Lipinski definition) is 2. The van der Waals surface area contributed by atoms with Crippen molar-refractivity contribution in [3.8, 4) is 0 Å². The van der Waals surface area contributed by atoms with Crippen LogP contribution in [0.25, 0.3) is 0 Å². The molecule has 0 saturated heterocycles. The van der Waals surface area contributed by atoms with Gasteiger partial charge in [-0.15, -0.1) is 0 Å². The molecule has 0 unspecified atom stereocenters. The summed E-state index contributed by atoms with van der Waals surface area (Å²) in [4.78, 5) is 11.7. The van der Waals surface area contributed by atoms with Crippen LogP contribution in [0, 0.1) is 0 Å². The zero-order valence-electron chi connectivity index (χ0n) is 9.25. The van der Waals surface area contributed by atoms with Crippen LogP contribution in [0.15, 0.2) is 18.2 Å². The van der Waals surface area contributed by atoms with Gasteiger partial charge in [0, 0.05) is 19.1 Å². The Kier molecular flexibility index (Phi) is 2.40. The van der Waals surface area contributed by atoms with E-state index in [1.54, 1.807) is 0 Å². The van der Waals surface area contributed by atoms with Crippen LogP contribution in [0.1, 0.15) is 29.5 Å². The lowest BCUT2D eigenvalue weighted by Gasteiger charge is -2.07. The molecule has 2 aliphatic rings. The second-order valence-corrected chi connectivity index (χ2v) is 4.68. The molecule has 0 radical (unpaired) electrons. The molecular formula is C13H16N2O. The van der Waals surface area contributed by atoms with Crippen molar-refractivity contribution in [2.24, 2.45) is 0 Å². The molecule has 3 heteroatoms.